The van der Waals surface area contributed by atoms with Gasteiger partial charge in [0.2, 0.25) is 5.91 Å². The minimum atomic E-state index is -0.245. The Bertz CT molecular complexity index is 544. The van der Waals surface area contributed by atoms with Crippen molar-refractivity contribution < 1.29 is 4.79 Å². The highest BCUT2D eigenvalue weighted by Crippen LogP contribution is 2.22. The van der Waals surface area contributed by atoms with Crippen LogP contribution in [0.4, 0.5) is 5.69 Å². The first-order valence-electron chi connectivity index (χ1n) is 7.13. The number of nitrogens with zero attached hydrogens (tertiary/aromatic N) is 1. The molecule has 0 aliphatic carbocycles. The second-order valence-corrected chi connectivity index (χ2v) is 6.61. The Balaban J connectivity index is 2.01. The summed E-state index contributed by atoms with van der Waals surface area (Å²) in [5.74, 6) is 0.157. The number of thiocarbonyl (C=S) groups is 1. The fourth-order valence-corrected chi connectivity index (χ4v) is 3.41. The topological polar surface area (TPSA) is 58.4 Å². The molecule has 0 radical (unpaired) electrons. The van der Waals surface area contributed by atoms with Crippen LogP contribution in [-0.2, 0) is 4.79 Å². The summed E-state index contributed by atoms with van der Waals surface area (Å²) in [5.41, 5.74) is 7.30. The van der Waals surface area contributed by atoms with Crippen molar-refractivity contribution in [2.75, 3.05) is 18.4 Å². The summed E-state index contributed by atoms with van der Waals surface area (Å²) < 4.78 is 0.831. The number of carbonyl (C=O) groups is 1. The Kier molecular flexibility index (Phi) is 5.58. The van der Waals surface area contributed by atoms with Crippen molar-refractivity contribution in [3.05, 3.63) is 28.2 Å². The maximum absolute atomic E-state index is 12.4. The predicted octanol–water partition coefficient (Wildman–Crippen LogP) is 2.90. The SMILES string of the molecule is CC(Nc1ccc(C(N)=S)c(Br)c1)C(=O)N1CCCCC1. The maximum atomic E-state index is 12.4. The van der Waals surface area contributed by atoms with Crippen LogP contribution >= 0.6 is 28.1 Å². The van der Waals surface area contributed by atoms with Gasteiger partial charge in [-0.1, -0.05) is 12.2 Å². The molecule has 114 valence electrons. The molecule has 1 unspecified atom stereocenters. The van der Waals surface area contributed by atoms with Crippen molar-refractivity contribution in [3.63, 3.8) is 0 Å². The average Bonchev–Trinajstić information content (AvgIpc) is 2.47. The molecule has 0 saturated carbocycles. The van der Waals surface area contributed by atoms with Gasteiger partial charge >= 0.3 is 0 Å². The number of benzene rings is 1. The van der Waals surface area contributed by atoms with Crippen molar-refractivity contribution >= 4 is 44.7 Å². The van der Waals surface area contributed by atoms with Crippen LogP contribution in [0.3, 0.4) is 0 Å². The third-order valence-corrected chi connectivity index (χ3v) is 4.53. The number of carbonyl (C=O) groups excluding carboxylic acids is 1. The quantitative estimate of drug-likeness (QED) is 0.801. The van der Waals surface area contributed by atoms with E-state index in [2.05, 4.69) is 21.2 Å². The van der Waals surface area contributed by atoms with Gasteiger partial charge in [0.15, 0.2) is 0 Å². The van der Waals surface area contributed by atoms with Gasteiger partial charge in [-0.05, 0) is 60.3 Å². The molecule has 1 aliphatic heterocycles. The van der Waals surface area contributed by atoms with Gasteiger partial charge in [-0.3, -0.25) is 4.79 Å². The van der Waals surface area contributed by atoms with Gasteiger partial charge in [-0.2, -0.15) is 0 Å². The zero-order valence-electron chi connectivity index (χ0n) is 12.1. The van der Waals surface area contributed by atoms with Gasteiger partial charge in [-0.25, -0.2) is 0 Å². The van der Waals surface area contributed by atoms with E-state index in [-0.39, 0.29) is 11.9 Å². The van der Waals surface area contributed by atoms with Crippen molar-refractivity contribution in [3.8, 4) is 0 Å². The van der Waals surface area contributed by atoms with E-state index in [0.717, 1.165) is 41.7 Å². The molecule has 1 aromatic carbocycles. The van der Waals surface area contributed by atoms with Gasteiger partial charge in [0.1, 0.15) is 11.0 Å². The lowest BCUT2D eigenvalue weighted by atomic mass is 10.1. The fraction of sp³-hybridized carbons (Fsp3) is 0.467. The van der Waals surface area contributed by atoms with Crippen molar-refractivity contribution in [2.45, 2.75) is 32.2 Å². The highest BCUT2D eigenvalue weighted by Gasteiger charge is 2.22. The molecule has 0 bridgehead atoms. The number of nitrogens with two attached hydrogens (primary N) is 1. The molecule has 1 heterocycles. The number of rotatable bonds is 4. The van der Waals surface area contributed by atoms with E-state index >= 15 is 0 Å². The van der Waals surface area contributed by atoms with Crippen LogP contribution in [0.15, 0.2) is 22.7 Å². The number of anilines is 1. The van der Waals surface area contributed by atoms with Crippen LogP contribution in [0.5, 0.6) is 0 Å². The zero-order valence-corrected chi connectivity index (χ0v) is 14.5. The van der Waals surface area contributed by atoms with Crippen LogP contribution < -0.4 is 11.1 Å². The minimum absolute atomic E-state index is 0.157. The largest absolute Gasteiger partial charge is 0.389 e. The van der Waals surface area contributed by atoms with Gasteiger partial charge in [0.25, 0.3) is 0 Å². The summed E-state index contributed by atoms with van der Waals surface area (Å²) in [7, 11) is 0. The number of halogens is 1. The lowest BCUT2D eigenvalue weighted by Crippen LogP contribution is -2.43. The van der Waals surface area contributed by atoms with Gasteiger partial charge in [0, 0.05) is 28.8 Å². The molecule has 1 amide bonds. The monoisotopic (exact) mass is 369 g/mol. The second-order valence-electron chi connectivity index (χ2n) is 5.31. The van der Waals surface area contributed by atoms with E-state index < -0.39 is 0 Å². The Labute approximate surface area is 139 Å². The molecule has 0 aromatic heterocycles. The first-order chi connectivity index (χ1) is 9.99. The van der Waals surface area contributed by atoms with Gasteiger partial charge < -0.3 is 16.0 Å². The van der Waals surface area contributed by atoms with Crippen LogP contribution in [0.2, 0.25) is 0 Å². The number of hydrogen-bond donors (Lipinski definition) is 2. The number of piperidine rings is 1. The zero-order chi connectivity index (χ0) is 15.4. The summed E-state index contributed by atoms with van der Waals surface area (Å²) in [6.45, 7) is 3.64. The summed E-state index contributed by atoms with van der Waals surface area (Å²) in [4.78, 5) is 14.7. The van der Waals surface area contributed by atoms with Crippen LogP contribution in [0.25, 0.3) is 0 Å². The van der Waals surface area contributed by atoms with E-state index in [1.54, 1.807) is 0 Å². The highest BCUT2D eigenvalue weighted by molar-refractivity contribution is 9.10. The van der Waals surface area contributed by atoms with Crippen LogP contribution in [0.1, 0.15) is 31.7 Å². The molecule has 6 heteroatoms. The Morgan fingerprint density at radius 1 is 1.38 bits per heavy atom. The molecular formula is C15H20BrN3OS. The molecule has 1 aliphatic rings. The number of nitrogens with one attached hydrogen (secondary N) is 1. The minimum Gasteiger partial charge on any atom is -0.389 e. The molecule has 1 atom stereocenters. The molecule has 3 N–H and O–H groups in total. The molecule has 1 aromatic rings. The Hall–Kier alpha value is -1.14. The molecule has 1 fully saturated rings. The summed E-state index contributed by atoms with van der Waals surface area (Å²) in [6.07, 6.45) is 3.43. The van der Waals surface area contributed by atoms with E-state index in [9.17, 15) is 4.79 Å². The average molecular weight is 370 g/mol. The molecule has 1 saturated heterocycles. The molecule has 4 nitrogen and oxygen atoms in total. The third-order valence-electron chi connectivity index (χ3n) is 3.66. The van der Waals surface area contributed by atoms with Crippen LogP contribution in [-0.4, -0.2) is 34.9 Å². The van der Waals surface area contributed by atoms with Crippen molar-refractivity contribution in [1.29, 1.82) is 0 Å². The molecule has 2 rings (SSSR count). The molecular weight excluding hydrogens is 350 g/mol. The summed E-state index contributed by atoms with van der Waals surface area (Å²) in [6, 6.07) is 5.39. The number of amides is 1. The van der Waals surface area contributed by atoms with Crippen LogP contribution in [0, 0.1) is 0 Å². The lowest BCUT2D eigenvalue weighted by Gasteiger charge is -2.29. The predicted molar refractivity (Wildman–Crippen MR) is 93.5 cm³/mol. The van der Waals surface area contributed by atoms with Gasteiger partial charge in [0.05, 0.1) is 0 Å². The fourth-order valence-electron chi connectivity index (χ4n) is 2.50. The highest BCUT2D eigenvalue weighted by atomic mass is 79.9. The molecule has 0 spiro atoms. The third kappa shape index (κ3) is 4.17. The first kappa shape index (κ1) is 16.2. The van der Waals surface area contributed by atoms with Crippen molar-refractivity contribution in [1.82, 2.24) is 4.90 Å². The molecule has 21 heavy (non-hydrogen) atoms. The van der Waals surface area contributed by atoms with E-state index in [0.29, 0.717) is 4.99 Å². The Morgan fingerprint density at radius 3 is 2.62 bits per heavy atom. The van der Waals surface area contributed by atoms with E-state index in [4.69, 9.17) is 18.0 Å². The standard InChI is InChI=1S/C15H20BrN3OS/c1-10(15(20)19-7-3-2-4-8-19)18-11-5-6-12(14(17)21)13(16)9-11/h5-6,9-10,18H,2-4,7-8H2,1H3,(H2,17,21). The van der Waals surface area contributed by atoms with Crippen molar-refractivity contribution in [2.24, 2.45) is 5.73 Å². The summed E-state index contributed by atoms with van der Waals surface area (Å²) >= 11 is 8.42. The van der Waals surface area contributed by atoms with E-state index in [1.165, 1.54) is 6.42 Å². The number of likely N-dealkylation sites (tertiary alicyclic amines) is 1. The summed E-state index contributed by atoms with van der Waals surface area (Å²) in [5, 5.41) is 3.24. The normalized spacial score (nSPS) is 16.4. The lowest BCUT2D eigenvalue weighted by molar-refractivity contribution is -0.132. The smallest absolute Gasteiger partial charge is 0.244 e. The van der Waals surface area contributed by atoms with E-state index in [1.807, 2.05) is 30.0 Å². The first-order valence-corrected chi connectivity index (χ1v) is 8.34. The Morgan fingerprint density at radius 2 is 2.05 bits per heavy atom. The second kappa shape index (κ2) is 7.22. The maximum Gasteiger partial charge on any atom is 0.244 e. The number of hydrogen-bond acceptors (Lipinski definition) is 3. The van der Waals surface area contributed by atoms with Gasteiger partial charge in [-0.15, -0.1) is 0 Å².